The Morgan fingerprint density at radius 1 is 1.29 bits per heavy atom. The second-order valence-corrected chi connectivity index (χ2v) is 7.56. The van der Waals surface area contributed by atoms with Crippen LogP contribution in [0.3, 0.4) is 0 Å². The van der Waals surface area contributed by atoms with Gasteiger partial charge in [-0.15, -0.1) is 10.2 Å². The van der Waals surface area contributed by atoms with E-state index in [0.717, 1.165) is 36.7 Å². The summed E-state index contributed by atoms with van der Waals surface area (Å²) in [6.07, 6.45) is 0.690. The fourth-order valence-corrected chi connectivity index (χ4v) is 5.01. The zero-order valence-corrected chi connectivity index (χ0v) is 16.4. The van der Waals surface area contributed by atoms with E-state index in [9.17, 15) is 4.79 Å². The second-order valence-electron chi connectivity index (χ2n) is 3.99. The molecule has 0 aliphatic carbocycles. The van der Waals surface area contributed by atoms with E-state index in [1.807, 2.05) is 23.6 Å². The Balaban J connectivity index is 2.56. The molecule has 2 aromatic rings. The number of aromatic nitrogens is 3. The fourth-order valence-electron chi connectivity index (χ4n) is 1.72. The second kappa shape index (κ2) is 7.26. The molecule has 1 aromatic heterocycles. The van der Waals surface area contributed by atoms with Crippen LogP contribution in [0.2, 0.25) is 0 Å². The zero-order valence-electron chi connectivity index (χ0n) is 10.8. The lowest BCUT2D eigenvalue weighted by atomic mass is 10.3. The molecule has 0 atom stereocenters. The summed E-state index contributed by atoms with van der Waals surface area (Å²) in [6, 6.07) is 3.84. The van der Waals surface area contributed by atoms with Gasteiger partial charge in [0.2, 0.25) is 0 Å². The summed E-state index contributed by atoms with van der Waals surface area (Å²) in [4.78, 5) is 10.8. The number of rotatable bonds is 5. The van der Waals surface area contributed by atoms with Gasteiger partial charge in [-0.2, -0.15) is 0 Å². The lowest BCUT2D eigenvalue weighted by molar-refractivity contribution is -0.133. The van der Waals surface area contributed by atoms with E-state index in [1.165, 1.54) is 0 Å². The molecule has 2 rings (SSSR count). The predicted molar refractivity (Wildman–Crippen MR) is 92.2 cm³/mol. The molecule has 0 unspecified atom stereocenters. The van der Waals surface area contributed by atoms with Crippen molar-refractivity contribution >= 4 is 65.5 Å². The maximum absolute atomic E-state index is 10.8. The highest BCUT2D eigenvalue weighted by molar-refractivity contribution is 9.11. The summed E-state index contributed by atoms with van der Waals surface area (Å²) in [5.41, 5.74) is 0.855. The highest BCUT2D eigenvalue weighted by Crippen LogP contribution is 2.35. The van der Waals surface area contributed by atoms with Gasteiger partial charge in [0.25, 0.3) is 0 Å². The van der Waals surface area contributed by atoms with Gasteiger partial charge in [0, 0.05) is 19.8 Å². The van der Waals surface area contributed by atoms with Crippen molar-refractivity contribution in [3.8, 4) is 5.69 Å². The van der Waals surface area contributed by atoms with E-state index < -0.39 is 5.97 Å². The van der Waals surface area contributed by atoms with Crippen molar-refractivity contribution in [3.05, 3.63) is 31.4 Å². The van der Waals surface area contributed by atoms with Crippen molar-refractivity contribution in [2.75, 3.05) is 5.75 Å². The van der Waals surface area contributed by atoms with Crippen LogP contribution in [0.4, 0.5) is 0 Å². The van der Waals surface area contributed by atoms with Gasteiger partial charge in [-0.3, -0.25) is 9.36 Å². The van der Waals surface area contributed by atoms with Gasteiger partial charge >= 0.3 is 5.97 Å². The molecule has 0 saturated carbocycles. The quantitative estimate of drug-likeness (QED) is 0.621. The van der Waals surface area contributed by atoms with Crippen molar-refractivity contribution in [1.29, 1.82) is 0 Å². The average molecular weight is 500 g/mol. The topological polar surface area (TPSA) is 68.0 Å². The molecule has 21 heavy (non-hydrogen) atoms. The van der Waals surface area contributed by atoms with Crippen LogP contribution in [0.1, 0.15) is 12.7 Å². The molecule has 9 heteroatoms. The number of carboxylic acid groups (broad SMARTS) is 1. The van der Waals surface area contributed by atoms with Gasteiger partial charge < -0.3 is 5.11 Å². The highest BCUT2D eigenvalue weighted by atomic mass is 79.9. The first-order valence-electron chi connectivity index (χ1n) is 5.87. The van der Waals surface area contributed by atoms with Crippen LogP contribution in [0.5, 0.6) is 0 Å². The van der Waals surface area contributed by atoms with Crippen LogP contribution < -0.4 is 0 Å². The SMILES string of the molecule is CCc1nnc(SCC(=O)O)n1-c1c(Br)cc(Br)cc1Br. The van der Waals surface area contributed by atoms with Crippen LogP contribution in [-0.2, 0) is 11.2 Å². The number of carboxylic acids is 1. The summed E-state index contributed by atoms with van der Waals surface area (Å²) in [7, 11) is 0. The Kier molecular flexibility index (Phi) is 5.87. The minimum Gasteiger partial charge on any atom is -0.481 e. The molecule has 0 saturated heterocycles. The molecule has 0 radical (unpaired) electrons. The summed E-state index contributed by atoms with van der Waals surface area (Å²) < 4.78 is 4.51. The number of thioether (sulfide) groups is 1. The Morgan fingerprint density at radius 2 is 1.90 bits per heavy atom. The molecular weight excluding hydrogens is 490 g/mol. The van der Waals surface area contributed by atoms with Gasteiger partial charge in [0.05, 0.1) is 11.4 Å². The molecule has 1 N–H and O–H groups in total. The van der Waals surface area contributed by atoms with Gasteiger partial charge in [0.15, 0.2) is 5.16 Å². The summed E-state index contributed by atoms with van der Waals surface area (Å²) >= 11 is 11.6. The van der Waals surface area contributed by atoms with Crippen LogP contribution in [0.25, 0.3) is 5.69 Å². The fraction of sp³-hybridized carbons (Fsp3) is 0.250. The zero-order chi connectivity index (χ0) is 15.6. The first-order valence-corrected chi connectivity index (χ1v) is 9.24. The number of carbonyl (C=O) groups is 1. The largest absolute Gasteiger partial charge is 0.481 e. The minimum absolute atomic E-state index is 0.0619. The standard InChI is InChI=1S/C12H10Br3N3O2S/c1-2-9-16-17-12(21-5-10(19)20)18(9)11-7(14)3-6(13)4-8(11)15/h3-4H,2,5H2,1H3,(H,19,20). The van der Waals surface area contributed by atoms with Crippen molar-refractivity contribution in [2.45, 2.75) is 18.5 Å². The lowest BCUT2D eigenvalue weighted by Crippen LogP contribution is -2.06. The molecule has 0 amide bonds. The van der Waals surface area contributed by atoms with Gasteiger partial charge in [0.1, 0.15) is 5.82 Å². The van der Waals surface area contributed by atoms with E-state index >= 15 is 0 Å². The lowest BCUT2D eigenvalue weighted by Gasteiger charge is -2.13. The van der Waals surface area contributed by atoms with Crippen LogP contribution >= 0.6 is 59.6 Å². The molecule has 0 spiro atoms. The molecule has 112 valence electrons. The van der Waals surface area contributed by atoms with Crippen molar-refractivity contribution in [2.24, 2.45) is 0 Å². The molecule has 1 heterocycles. The normalized spacial score (nSPS) is 10.9. The third-order valence-electron chi connectivity index (χ3n) is 2.55. The van der Waals surface area contributed by atoms with Gasteiger partial charge in [-0.05, 0) is 44.0 Å². The van der Waals surface area contributed by atoms with Crippen molar-refractivity contribution < 1.29 is 9.90 Å². The maximum atomic E-state index is 10.8. The molecule has 0 fully saturated rings. The number of halogens is 3. The first kappa shape index (κ1) is 17.0. The monoisotopic (exact) mass is 497 g/mol. The third-order valence-corrected chi connectivity index (χ3v) is 5.13. The third kappa shape index (κ3) is 3.88. The van der Waals surface area contributed by atoms with E-state index in [1.54, 1.807) is 0 Å². The molecule has 0 aliphatic rings. The van der Waals surface area contributed by atoms with Crippen LogP contribution in [0, 0.1) is 0 Å². The van der Waals surface area contributed by atoms with Gasteiger partial charge in [-0.25, -0.2) is 0 Å². The van der Waals surface area contributed by atoms with Crippen LogP contribution in [0.15, 0.2) is 30.7 Å². The van der Waals surface area contributed by atoms with E-state index in [4.69, 9.17) is 5.11 Å². The number of hydrogen-bond acceptors (Lipinski definition) is 4. The smallest absolute Gasteiger partial charge is 0.313 e. The first-order chi connectivity index (χ1) is 9.93. The summed E-state index contributed by atoms with van der Waals surface area (Å²) in [6.45, 7) is 1.98. The number of aryl methyl sites for hydroxylation is 1. The Bertz CT molecular complexity index is 667. The average Bonchev–Trinajstić information content (AvgIpc) is 2.78. The van der Waals surface area contributed by atoms with Gasteiger partial charge in [-0.1, -0.05) is 34.6 Å². The Hall–Kier alpha value is -0.380. The molecular formula is C12H10Br3N3O2S. The molecule has 0 bridgehead atoms. The molecule has 1 aromatic carbocycles. The van der Waals surface area contributed by atoms with E-state index in [-0.39, 0.29) is 5.75 Å². The number of nitrogens with zero attached hydrogens (tertiary/aromatic N) is 3. The highest BCUT2D eigenvalue weighted by Gasteiger charge is 2.19. The van der Waals surface area contributed by atoms with E-state index in [2.05, 4.69) is 58.0 Å². The van der Waals surface area contributed by atoms with Crippen LogP contribution in [-0.4, -0.2) is 31.6 Å². The van der Waals surface area contributed by atoms with Crippen molar-refractivity contribution in [1.82, 2.24) is 14.8 Å². The minimum atomic E-state index is -0.887. The predicted octanol–water partition coefficient (Wildman–Crippen LogP) is 4.29. The molecule has 5 nitrogen and oxygen atoms in total. The molecule has 0 aliphatic heterocycles. The number of aliphatic carboxylic acids is 1. The summed E-state index contributed by atoms with van der Waals surface area (Å²) in [5.74, 6) is -0.179. The van der Waals surface area contributed by atoms with E-state index in [0.29, 0.717) is 11.6 Å². The Morgan fingerprint density at radius 3 is 2.43 bits per heavy atom. The number of benzene rings is 1. The Labute approximate surface area is 150 Å². The summed E-state index contributed by atoms with van der Waals surface area (Å²) in [5, 5.41) is 17.6. The maximum Gasteiger partial charge on any atom is 0.313 e. The van der Waals surface area contributed by atoms with Crippen molar-refractivity contribution in [3.63, 3.8) is 0 Å². The number of hydrogen-bond donors (Lipinski definition) is 1.